The third-order valence-electron chi connectivity index (χ3n) is 3.72. The van der Waals surface area contributed by atoms with Crippen molar-refractivity contribution in [3.05, 3.63) is 35.4 Å². The van der Waals surface area contributed by atoms with E-state index in [2.05, 4.69) is 5.32 Å². The Morgan fingerprint density at radius 3 is 2.42 bits per heavy atom. The van der Waals surface area contributed by atoms with Crippen LogP contribution in [0.3, 0.4) is 0 Å². The van der Waals surface area contributed by atoms with Crippen LogP contribution in [0.1, 0.15) is 23.2 Å². The van der Waals surface area contributed by atoms with Crippen molar-refractivity contribution in [1.29, 1.82) is 0 Å². The second kappa shape index (κ2) is 5.06. The molecule has 1 saturated carbocycles. The molecule has 1 saturated heterocycles. The topological polar surface area (TPSA) is 32.3 Å². The van der Waals surface area contributed by atoms with Crippen LogP contribution in [-0.2, 0) is 0 Å². The van der Waals surface area contributed by atoms with E-state index in [0.717, 1.165) is 44.1 Å². The maximum absolute atomic E-state index is 13.1. The summed E-state index contributed by atoms with van der Waals surface area (Å²) >= 11 is 0. The Bertz CT molecular complexity index is 485. The predicted octanol–water partition coefficient (Wildman–Crippen LogP) is 1.96. The summed E-state index contributed by atoms with van der Waals surface area (Å²) in [6.45, 7) is 2.10. The highest BCUT2D eigenvalue weighted by Crippen LogP contribution is 2.42. The van der Waals surface area contributed by atoms with Gasteiger partial charge in [0, 0.05) is 31.3 Å². The smallest absolute Gasteiger partial charge is 0.254 e. The van der Waals surface area contributed by atoms with Crippen LogP contribution in [0.15, 0.2) is 18.2 Å². The number of carbonyl (C=O) groups excluding carboxylic acids is 1. The van der Waals surface area contributed by atoms with Crippen LogP contribution in [0.4, 0.5) is 8.78 Å². The van der Waals surface area contributed by atoms with Gasteiger partial charge >= 0.3 is 0 Å². The number of nitrogens with zero attached hydrogens (tertiary/aromatic N) is 1. The lowest BCUT2D eigenvalue weighted by molar-refractivity contribution is 0.0599. The van der Waals surface area contributed by atoms with Crippen LogP contribution in [-0.4, -0.2) is 36.0 Å². The fourth-order valence-corrected chi connectivity index (χ4v) is 2.59. The summed E-state index contributed by atoms with van der Waals surface area (Å²) in [4.78, 5) is 14.1. The van der Waals surface area contributed by atoms with E-state index in [0.29, 0.717) is 6.54 Å². The molecule has 1 N–H and O–H groups in total. The first-order chi connectivity index (χ1) is 8.61. The van der Waals surface area contributed by atoms with Gasteiger partial charge in [-0.1, -0.05) is 0 Å². The van der Waals surface area contributed by atoms with Crippen molar-refractivity contribution in [1.82, 2.24) is 10.2 Å². The zero-order valence-corrected chi connectivity index (χ0v) is 11.1. The molecule has 1 aromatic rings. The van der Waals surface area contributed by atoms with Crippen molar-refractivity contribution in [2.24, 2.45) is 0 Å². The van der Waals surface area contributed by atoms with E-state index >= 15 is 0 Å². The van der Waals surface area contributed by atoms with Gasteiger partial charge in [-0.05, 0) is 25.0 Å². The molecule has 0 aromatic heterocycles. The van der Waals surface area contributed by atoms with E-state index in [9.17, 15) is 13.6 Å². The largest absolute Gasteiger partial charge is 0.330 e. The molecular formula is C13H15ClF2N2O. The van der Waals surface area contributed by atoms with Gasteiger partial charge in [0.2, 0.25) is 0 Å². The summed E-state index contributed by atoms with van der Waals surface area (Å²) in [7, 11) is 0. The van der Waals surface area contributed by atoms with Gasteiger partial charge in [0.1, 0.15) is 11.6 Å². The quantitative estimate of drug-likeness (QED) is 0.857. The first-order valence-corrected chi connectivity index (χ1v) is 6.10. The lowest BCUT2D eigenvalue weighted by atomic mass is 10.1. The molecule has 1 aliphatic carbocycles. The third-order valence-corrected chi connectivity index (χ3v) is 3.72. The van der Waals surface area contributed by atoms with Crippen molar-refractivity contribution in [2.75, 3.05) is 19.6 Å². The minimum atomic E-state index is -0.710. The number of rotatable bonds is 1. The Balaban J connectivity index is 0.00000133. The van der Waals surface area contributed by atoms with E-state index in [1.807, 2.05) is 0 Å². The van der Waals surface area contributed by atoms with Crippen molar-refractivity contribution in [3.63, 3.8) is 0 Å². The SMILES string of the molecule is Cl.O=C(c1cc(F)cc(F)c1)N1CCNCC12CC2. The van der Waals surface area contributed by atoms with Gasteiger partial charge in [-0.25, -0.2) is 8.78 Å². The van der Waals surface area contributed by atoms with Crippen LogP contribution < -0.4 is 5.32 Å². The highest BCUT2D eigenvalue weighted by Gasteiger charge is 2.51. The average Bonchev–Trinajstić information content (AvgIpc) is 3.08. The molecule has 19 heavy (non-hydrogen) atoms. The van der Waals surface area contributed by atoms with Gasteiger partial charge in [0.05, 0.1) is 5.54 Å². The minimum absolute atomic E-state index is 0. The monoisotopic (exact) mass is 288 g/mol. The first-order valence-electron chi connectivity index (χ1n) is 6.10. The molecule has 0 radical (unpaired) electrons. The summed E-state index contributed by atoms with van der Waals surface area (Å²) in [5.74, 6) is -1.69. The molecule has 0 unspecified atom stereocenters. The fraction of sp³-hybridized carbons (Fsp3) is 0.462. The standard InChI is InChI=1S/C13H14F2N2O.ClH/c14-10-5-9(6-11(15)7-10)12(18)17-4-3-16-8-13(17)1-2-13;/h5-7,16H,1-4,8H2;1H. The van der Waals surface area contributed by atoms with E-state index in [4.69, 9.17) is 0 Å². The van der Waals surface area contributed by atoms with E-state index in [-0.39, 0.29) is 29.4 Å². The molecule has 6 heteroatoms. The number of carbonyl (C=O) groups is 1. The molecule has 0 bridgehead atoms. The summed E-state index contributed by atoms with van der Waals surface area (Å²) < 4.78 is 26.3. The molecule has 1 spiro atoms. The fourth-order valence-electron chi connectivity index (χ4n) is 2.59. The first kappa shape index (κ1) is 14.2. The Hall–Kier alpha value is -1.20. The lowest BCUT2D eigenvalue weighted by Gasteiger charge is -2.36. The summed E-state index contributed by atoms with van der Waals surface area (Å²) in [5, 5.41) is 3.25. The van der Waals surface area contributed by atoms with Crippen molar-refractivity contribution in [3.8, 4) is 0 Å². The van der Waals surface area contributed by atoms with Gasteiger partial charge in [-0.15, -0.1) is 12.4 Å². The number of piperazine rings is 1. The Morgan fingerprint density at radius 1 is 1.21 bits per heavy atom. The highest BCUT2D eigenvalue weighted by molar-refractivity contribution is 5.95. The number of hydrogen-bond acceptors (Lipinski definition) is 2. The molecule has 2 fully saturated rings. The van der Waals surface area contributed by atoms with E-state index < -0.39 is 11.6 Å². The van der Waals surface area contributed by atoms with Crippen LogP contribution >= 0.6 is 12.4 Å². The third kappa shape index (κ3) is 2.58. The van der Waals surface area contributed by atoms with E-state index in [1.54, 1.807) is 4.90 Å². The van der Waals surface area contributed by atoms with Crippen LogP contribution in [0.25, 0.3) is 0 Å². The molecule has 2 aliphatic rings. The molecule has 3 rings (SSSR count). The molecule has 3 nitrogen and oxygen atoms in total. The number of amides is 1. The molecule has 1 amide bonds. The van der Waals surface area contributed by atoms with Crippen molar-refractivity contribution in [2.45, 2.75) is 18.4 Å². The molecule has 1 heterocycles. The Labute approximate surface area is 116 Å². The zero-order chi connectivity index (χ0) is 12.8. The molecule has 0 atom stereocenters. The summed E-state index contributed by atoms with van der Waals surface area (Å²) in [5.41, 5.74) is -0.0151. The van der Waals surface area contributed by atoms with Crippen LogP contribution in [0, 0.1) is 11.6 Å². The normalized spacial score (nSPS) is 20.0. The molecule has 104 valence electrons. The van der Waals surface area contributed by atoms with Gasteiger partial charge in [-0.2, -0.15) is 0 Å². The van der Waals surface area contributed by atoms with Gasteiger partial charge in [0.15, 0.2) is 0 Å². The Kier molecular flexibility index (Phi) is 3.78. The summed E-state index contributed by atoms with van der Waals surface area (Å²) in [6, 6.07) is 2.98. The Morgan fingerprint density at radius 2 is 1.84 bits per heavy atom. The number of hydrogen-bond donors (Lipinski definition) is 1. The number of nitrogens with one attached hydrogen (secondary N) is 1. The maximum Gasteiger partial charge on any atom is 0.254 e. The predicted molar refractivity (Wildman–Crippen MR) is 69.5 cm³/mol. The molecule has 1 aromatic carbocycles. The minimum Gasteiger partial charge on any atom is -0.330 e. The highest BCUT2D eigenvalue weighted by atomic mass is 35.5. The van der Waals surface area contributed by atoms with Crippen molar-refractivity contribution < 1.29 is 13.6 Å². The van der Waals surface area contributed by atoms with E-state index in [1.165, 1.54) is 0 Å². The number of halogens is 3. The molecular weight excluding hydrogens is 274 g/mol. The lowest BCUT2D eigenvalue weighted by Crippen LogP contribution is -2.55. The average molecular weight is 289 g/mol. The maximum atomic E-state index is 13.1. The van der Waals surface area contributed by atoms with Crippen LogP contribution in [0.2, 0.25) is 0 Å². The van der Waals surface area contributed by atoms with Crippen LogP contribution in [0.5, 0.6) is 0 Å². The molecule has 1 aliphatic heterocycles. The van der Waals surface area contributed by atoms with Gasteiger partial charge in [-0.3, -0.25) is 4.79 Å². The van der Waals surface area contributed by atoms with Crippen molar-refractivity contribution >= 4 is 18.3 Å². The number of benzene rings is 1. The van der Waals surface area contributed by atoms with Gasteiger partial charge < -0.3 is 10.2 Å². The second-order valence-electron chi connectivity index (χ2n) is 5.02. The second-order valence-corrected chi connectivity index (χ2v) is 5.02. The van der Waals surface area contributed by atoms with Gasteiger partial charge in [0.25, 0.3) is 5.91 Å². The summed E-state index contributed by atoms with van der Waals surface area (Å²) in [6.07, 6.45) is 1.92. The zero-order valence-electron chi connectivity index (χ0n) is 10.3.